The molecule has 0 atom stereocenters. The summed E-state index contributed by atoms with van der Waals surface area (Å²) in [6, 6.07) is 12.9. The Morgan fingerprint density at radius 3 is 2.55 bits per heavy atom. The Bertz CT molecular complexity index is 1410. The minimum atomic E-state index is -0.641. The SMILES string of the molecule is CCOc1cccc2cc(-c3cc(=O)oc4cc(OC(=O)C(C)C)ccc34)c(=O)oc12. The van der Waals surface area contributed by atoms with Crippen LogP contribution in [0.1, 0.15) is 20.8 Å². The highest BCUT2D eigenvalue weighted by Gasteiger charge is 2.17. The molecule has 0 bridgehead atoms. The average Bonchev–Trinajstić information content (AvgIpc) is 2.73. The highest BCUT2D eigenvalue weighted by atomic mass is 16.5. The summed E-state index contributed by atoms with van der Waals surface area (Å²) in [5.41, 5.74) is -0.136. The second-order valence-corrected chi connectivity index (χ2v) is 7.27. The minimum Gasteiger partial charge on any atom is -0.490 e. The summed E-state index contributed by atoms with van der Waals surface area (Å²) in [6.07, 6.45) is 0. The van der Waals surface area contributed by atoms with E-state index in [-0.39, 0.29) is 22.8 Å². The lowest BCUT2D eigenvalue weighted by molar-refractivity contribution is -0.137. The third-order valence-electron chi connectivity index (χ3n) is 4.72. The molecule has 0 N–H and O–H groups in total. The van der Waals surface area contributed by atoms with Gasteiger partial charge in [0.15, 0.2) is 11.3 Å². The maximum absolute atomic E-state index is 12.8. The quantitative estimate of drug-likeness (QED) is 0.266. The number of carbonyl (C=O) groups is 1. The first-order valence-electron chi connectivity index (χ1n) is 9.87. The van der Waals surface area contributed by atoms with E-state index in [4.69, 9.17) is 18.3 Å². The Morgan fingerprint density at radius 2 is 1.81 bits per heavy atom. The minimum absolute atomic E-state index is 0.194. The molecule has 7 heteroatoms. The highest BCUT2D eigenvalue weighted by molar-refractivity contribution is 5.96. The fourth-order valence-electron chi connectivity index (χ4n) is 3.24. The van der Waals surface area contributed by atoms with Crippen LogP contribution >= 0.6 is 0 Å². The second kappa shape index (κ2) is 8.10. The number of rotatable bonds is 5. The zero-order valence-corrected chi connectivity index (χ0v) is 17.3. The summed E-state index contributed by atoms with van der Waals surface area (Å²) >= 11 is 0. The molecule has 2 aromatic carbocycles. The van der Waals surface area contributed by atoms with E-state index in [9.17, 15) is 14.4 Å². The van der Waals surface area contributed by atoms with Gasteiger partial charge in [0.05, 0.1) is 18.1 Å². The third kappa shape index (κ3) is 3.94. The molecule has 0 aliphatic heterocycles. The van der Waals surface area contributed by atoms with E-state index in [2.05, 4.69) is 0 Å². The van der Waals surface area contributed by atoms with Crippen LogP contribution in [-0.2, 0) is 4.79 Å². The van der Waals surface area contributed by atoms with Crippen molar-refractivity contribution in [2.75, 3.05) is 6.61 Å². The number of fused-ring (bicyclic) bond motifs is 2. The molecule has 0 aliphatic rings. The van der Waals surface area contributed by atoms with Gasteiger partial charge >= 0.3 is 17.2 Å². The highest BCUT2D eigenvalue weighted by Crippen LogP contribution is 2.32. The molecule has 2 heterocycles. The Hall–Kier alpha value is -3.87. The number of hydrogen-bond acceptors (Lipinski definition) is 7. The molecular weight excluding hydrogens is 400 g/mol. The molecule has 0 radical (unpaired) electrons. The molecule has 7 nitrogen and oxygen atoms in total. The summed E-state index contributed by atoms with van der Waals surface area (Å²) in [5, 5.41) is 1.17. The van der Waals surface area contributed by atoms with Gasteiger partial charge in [0, 0.05) is 28.5 Å². The molecule has 0 aliphatic carbocycles. The van der Waals surface area contributed by atoms with Crippen molar-refractivity contribution in [3.8, 4) is 22.6 Å². The van der Waals surface area contributed by atoms with Gasteiger partial charge in [-0.2, -0.15) is 0 Å². The van der Waals surface area contributed by atoms with E-state index >= 15 is 0 Å². The van der Waals surface area contributed by atoms with Crippen LogP contribution in [0, 0.1) is 5.92 Å². The van der Waals surface area contributed by atoms with Gasteiger partial charge in [0.1, 0.15) is 11.3 Å². The van der Waals surface area contributed by atoms with Crippen LogP contribution in [0.25, 0.3) is 33.1 Å². The van der Waals surface area contributed by atoms with Crippen molar-refractivity contribution < 1.29 is 23.1 Å². The van der Waals surface area contributed by atoms with Gasteiger partial charge in [0.25, 0.3) is 0 Å². The van der Waals surface area contributed by atoms with Crippen LogP contribution in [0.3, 0.4) is 0 Å². The summed E-state index contributed by atoms with van der Waals surface area (Å²) in [7, 11) is 0. The summed E-state index contributed by atoms with van der Waals surface area (Å²) < 4.78 is 21.6. The van der Waals surface area contributed by atoms with Crippen molar-refractivity contribution in [1.29, 1.82) is 0 Å². The largest absolute Gasteiger partial charge is 0.490 e. The standard InChI is InChI=1S/C24H20O7/c1-4-28-19-7-5-6-14-10-18(24(27)31-22(14)19)17-12-21(25)30-20-11-15(8-9-16(17)20)29-23(26)13(2)3/h5-13H,4H2,1-3H3. The van der Waals surface area contributed by atoms with Crippen LogP contribution in [0.2, 0.25) is 0 Å². The summed E-state index contributed by atoms with van der Waals surface area (Å²) in [5.74, 6) is 0.00655. The van der Waals surface area contributed by atoms with E-state index in [0.717, 1.165) is 0 Å². The maximum atomic E-state index is 12.8. The number of ether oxygens (including phenoxy) is 2. The second-order valence-electron chi connectivity index (χ2n) is 7.27. The van der Waals surface area contributed by atoms with Crippen molar-refractivity contribution >= 4 is 27.9 Å². The van der Waals surface area contributed by atoms with Gasteiger partial charge in [0.2, 0.25) is 0 Å². The van der Waals surface area contributed by atoms with Crippen LogP contribution in [-0.4, -0.2) is 12.6 Å². The molecule has 2 aromatic heterocycles. The molecule has 0 saturated heterocycles. The smallest absolute Gasteiger partial charge is 0.344 e. The first-order valence-corrected chi connectivity index (χ1v) is 9.87. The molecular formula is C24H20O7. The zero-order chi connectivity index (χ0) is 22.1. The number of benzene rings is 2. The lowest BCUT2D eigenvalue weighted by atomic mass is 10.0. The van der Waals surface area contributed by atoms with Crippen molar-refractivity contribution in [2.24, 2.45) is 5.92 Å². The van der Waals surface area contributed by atoms with Crippen molar-refractivity contribution in [3.05, 3.63) is 69.4 Å². The predicted molar refractivity (Wildman–Crippen MR) is 116 cm³/mol. The third-order valence-corrected chi connectivity index (χ3v) is 4.72. The van der Waals surface area contributed by atoms with Gasteiger partial charge in [-0.25, -0.2) is 9.59 Å². The molecule has 4 aromatic rings. The van der Waals surface area contributed by atoms with E-state index in [1.165, 1.54) is 12.1 Å². The predicted octanol–water partition coefficient (Wildman–Crippen LogP) is 4.53. The molecule has 0 spiro atoms. The van der Waals surface area contributed by atoms with Gasteiger partial charge < -0.3 is 18.3 Å². The van der Waals surface area contributed by atoms with Gasteiger partial charge in [-0.3, -0.25) is 4.79 Å². The first kappa shape index (κ1) is 20.4. The van der Waals surface area contributed by atoms with Gasteiger partial charge in [-0.05, 0) is 31.2 Å². The van der Waals surface area contributed by atoms with Gasteiger partial charge in [-0.15, -0.1) is 0 Å². The molecule has 0 saturated carbocycles. The lowest BCUT2D eigenvalue weighted by Crippen LogP contribution is -2.14. The molecule has 4 rings (SSSR count). The Labute approximate surface area is 176 Å². The molecule has 0 amide bonds. The van der Waals surface area contributed by atoms with Crippen molar-refractivity contribution in [1.82, 2.24) is 0 Å². The molecule has 0 fully saturated rings. The van der Waals surface area contributed by atoms with Crippen molar-refractivity contribution in [3.63, 3.8) is 0 Å². The number of carbonyl (C=O) groups excluding carboxylic acids is 1. The number of para-hydroxylation sites is 1. The first-order chi connectivity index (χ1) is 14.9. The van der Waals surface area contributed by atoms with E-state index in [0.29, 0.717) is 34.3 Å². The monoisotopic (exact) mass is 420 g/mol. The van der Waals surface area contributed by atoms with E-state index in [1.807, 2.05) is 6.92 Å². The fraction of sp³-hybridized carbons (Fsp3) is 0.208. The topological polar surface area (TPSA) is 96.0 Å². The molecule has 31 heavy (non-hydrogen) atoms. The summed E-state index contributed by atoms with van der Waals surface area (Å²) in [6.45, 7) is 5.71. The summed E-state index contributed by atoms with van der Waals surface area (Å²) in [4.78, 5) is 36.9. The number of hydrogen-bond donors (Lipinski definition) is 0. The lowest BCUT2D eigenvalue weighted by Gasteiger charge is -2.10. The van der Waals surface area contributed by atoms with Crippen molar-refractivity contribution in [2.45, 2.75) is 20.8 Å². The van der Waals surface area contributed by atoms with Crippen LogP contribution in [0.5, 0.6) is 11.5 Å². The van der Waals surface area contributed by atoms with Crippen LogP contribution in [0.15, 0.2) is 67.0 Å². The van der Waals surface area contributed by atoms with E-state index in [1.54, 1.807) is 50.2 Å². The zero-order valence-electron chi connectivity index (χ0n) is 17.3. The van der Waals surface area contributed by atoms with Crippen LogP contribution in [0.4, 0.5) is 0 Å². The van der Waals surface area contributed by atoms with Crippen LogP contribution < -0.4 is 20.7 Å². The normalized spacial score (nSPS) is 11.2. The molecule has 0 unspecified atom stereocenters. The fourth-order valence-corrected chi connectivity index (χ4v) is 3.24. The Kier molecular flexibility index (Phi) is 5.33. The van der Waals surface area contributed by atoms with Gasteiger partial charge in [-0.1, -0.05) is 26.0 Å². The van der Waals surface area contributed by atoms with E-state index < -0.39 is 17.2 Å². The number of esters is 1. The molecule has 158 valence electrons. The Morgan fingerprint density at radius 1 is 1.00 bits per heavy atom. The average molecular weight is 420 g/mol. The maximum Gasteiger partial charge on any atom is 0.344 e. The Balaban J connectivity index is 1.89.